The van der Waals surface area contributed by atoms with E-state index in [-0.39, 0.29) is 23.6 Å². The SMILES string of the molecule is Cc1c(CCC(=O)O)c(C)n(C2CCCCC2)c(=O)c1C#N. The molecule has 0 atom stereocenters. The van der Waals surface area contributed by atoms with Crippen LogP contribution < -0.4 is 5.56 Å². The lowest BCUT2D eigenvalue weighted by atomic mass is 9.92. The Balaban J connectivity index is 2.57. The first kappa shape index (κ1) is 16.3. The molecule has 1 saturated carbocycles. The number of nitrogens with zero attached hydrogens (tertiary/aromatic N) is 2. The van der Waals surface area contributed by atoms with Crippen molar-refractivity contribution in [2.24, 2.45) is 0 Å². The van der Waals surface area contributed by atoms with Crippen molar-refractivity contribution in [1.82, 2.24) is 4.57 Å². The molecular formula is C17H22N2O3. The summed E-state index contributed by atoms with van der Waals surface area (Å²) in [4.78, 5) is 23.5. The molecule has 2 rings (SSSR count). The summed E-state index contributed by atoms with van der Waals surface area (Å²) in [5, 5.41) is 18.3. The fourth-order valence-corrected chi connectivity index (χ4v) is 3.51. The fourth-order valence-electron chi connectivity index (χ4n) is 3.51. The minimum absolute atomic E-state index is 0.00934. The molecule has 1 aliphatic carbocycles. The van der Waals surface area contributed by atoms with Gasteiger partial charge in [0.05, 0.1) is 0 Å². The highest BCUT2D eigenvalue weighted by Gasteiger charge is 2.23. The molecule has 1 aromatic rings. The molecule has 1 heterocycles. The van der Waals surface area contributed by atoms with E-state index in [1.807, 2.05) is 13.0 Å². The van der Waals surface area contributed by atoms with Crippen LogP contribution in [0.15, 0.2) is 4.79 Å². The van der Waals surface area contributed by atoms with Gasteiger partial charge in [-0.2, -0.15) is 5.26 Å². The highest BCUT2D eigenvalue weighted by molar-refractivity contribution is 5.67. The molecule has 0 saturated heterocycles. The molecule has 5 heteroatoms. The molecule has 118 valence electrons. The van der Waals surface area contributed by atoms with Gasteiger partial charge in [0.15, 0.2) is 0 Å². The summed E-state index contributed by atoms with van der Waals surface area (Å²) in [6.45, 7) is 3.62. The van der Waals surface area contributed by atoms with E-state index in [1.165, 1.54) is 6.42 Å². The van der Waals surface area contributed by atoms with Crippen LogP contribution in [-0.2, 0) is 11.2 Å². The smallest absolute Gasteiger partial charge is 0.303 e. The Morgan fingerprint density at radius 2 is 1.95 bits per heavy atom. The number of carboxylic acids is 1. The van der Waals surface area contributed by atoms with E-state index in [0.29, 0.717) is 12.0 Å². The summed E-state index contributed by atoms with van der Waals surface area (Å²) in [5.74, 6) is -0.868. The third kappa shape index (κ3) is 3.06. The second-order valence-electron chi connectivity index (χ2n) is 6.04. The van der Waals surface area contributed by atoms with E-state index in [0.717, 1.165) is 36.9 Å². The minimum Gasteiger partial charge on any atom is -0.481 e. The molecule has 1 fully saturated rings. The summed E-state index contributed by atoms with van der Waals surface area (Å²) < 4.78 is 1.75. The quantitative estimate of drug-likeness (QED) is 0.927. The van der Waals surface area contributed by atoms with E-state index in [2.05, 4.69) is 0 Å². The van der Waals surface area contributed by atoms with Crippen molar-refractivity contribution in [2.75, 3.05) is 0 Å². The summed E-state index contributed by atoms with van der Waals surface area (Å²) >= 11 is 0. The Morgan fingerprint density at radius 3 is 2.50 bits per heavy atom. The molecule has 1 N–H and O–H groups in total. The summed E-state index contributed by atoms with van der Waals surface area (Å²) in [5.41, 5.74) is 2.25. The average molecular weight is 302 g/mol. The predicted octanol–water partition coefficient (Wildman–Crippen LogP) is 2.86. The molecular weight excluding hydrogens is 280 g/mol. The first-order valence-corrected chi connectivity index (χ1v) is 7.83. The first-order chi connectivity index (χ1) is 10.5. The Labute approximate surface area is 130 Å². The van der Waals surface area contributed by atoms with E-state index in [9.17, 15) is 14.9 Å². The monoisotopic (exact) mass is 302 g/mol. The van der Waals surface area contributed by atoms with Crippen LogP contribution in [0.2, 0.25) is 0 Å². The number of nitriles is 1. The number of aliphatic carboxylic acids is 1. The normalized spacial score (nSPS) is 15.5. The van der Waals surface area contributed by atoms with Crippen molar-refractivity contribution in [2.45, 2.75) is 64.8 Å². The fraction of sp³-hybridized carbons (Fsp3) is 0.588. The van der Waals surface area contributed by atoms with Gasteiger partial charge in [-0.3, -0.25) is 9.59 Å². The largest absolute Gasteiger partial charge is 0.481 e. The van der Waals surface area contributed by atoms with Crippen LogP contribution in [0.4, 0.5) is 0 Å². The van der Waals surface area contributed by atoms with E-state index >= 15 is 0 Å². The van der Waals surface area contributed by atoms with Crippen molar-refractivity contribution in [3.05, 3.63) is 32.7 Å². The van der Waals surface area contributed by atoms with Crippen molar-refractivity contribution < 1.29 is 9.90 Å². The zero-order chi connectivity index (χ0) is 16.3. The lowest BCUT2D eigenvalue weighted by Gasteiger charge is -2.28. The Hall–Kier alpha value is -2.09. The maximum absolute atomic E-state index is 12.7. The number of rotatable bonds is 4. The highest BCUT2D eigenvalue weighted by Crippen LogP contribution is 2.30. The van der Waals surface area contributed by atoms with Gasteiger partial charge in [0.1, 0.15) is 11.6 Å². The zero-order valence-corrected chi connectivity index (χ0v) is 13.2. The van der Waals surface area contributed by atoms with Crippen molar-refractivity contribution in [3.63, 3.8) is 0 Å². The van der Waals surface area contributed by atoms with Gasteiger partial charge in [0.25, 0.3) is 5.56 Å². The molecule has 0 unspecified atom stereocenters. The molecule has 0 aromatic carbocycles. The van der Waals surface area contributed by atoms with Gasteiger partial charge in [0, 0.05) is 18.2 Å². The predicted molar refractivity (Wildman–Crippen MR) is 83.0 cm³/mol. The van der Waals surface area contributed by atoms with Crippen LogP contribution in [0.1, 0.15) is 67.0 Å². The Bertz CT molecular complexity index is 677. The van der Waals surface area contributed by atoms with Crippen LogP contribution in [0.5, 0.6) is 0 Å². The Morgan fingerprint density at radius 1 is 1.32 bits per heavy atom. The third-order valence-corrected chi connectivity index (χ3v) is 4.70. The van der Waals surface area contributed by atoms with Gasteiger partial charge in [-0.15, -0.1) is 0 Å². The maximum Gasteiger partial charge on any atom is 0.303 e. The lowest BCUT2D eigenvalue weighted by Crippen LogP contribution is -2.32. The molecule has 0 radical (unpaired) electrons. The van der Waals surface area contributed by atoms with Gasteiger partial charge >= 0.3 is 5.97 Å². The van der Waals surface area contributed by atoms with E-state index < -0.39 is 5.97 Å². The van der Waals surface area contributed by atoms with Gasteiger partial charge in [0.2, 0.25) is 0 Å². The number of hydrogen-bond acceptors (Lipinski definition) is 3. The van der Waals surface area contributed by atoms with Gasteiger partial charge < -0.3 is 9.67 Å². The van der Waals surface area contributed by atoms with Gasteiger partial charge in [-0.1, -0.05) is 19.3 Å². The van der Waals surface area contributed by atoms with Crippen molar-refractivity contribution >= 4 is 5.97 Å². The number of pyridine rings is 1. The van der Waals surface area contributed by atoms with E-state index in [4.69, 9.17) is 5.11 Å². The summed E-state index contributed by atoms with van der Waals surface area (Å²) in [6.07, 6.45) is 5.64. The van der Waals surface area contributed by atoms with E-state index in [1.54, 1.807) is 11.5 Å². The molecule has 5 nitrogen and oxygen atoms in total. The minimum atomic E-state index is -0.868. The van der Waals surface area contributed by atoms with Crippen molar-refractivity contribution in [1.29, 1.82) is 5.26 Å². The topological polar surface area (TPSA) is 83.1 Å². The second-order valence-corrected chi connectivity index (χ2v) is 6.04. The number of carboxylic acid groups (broad SMARTS) is 1. The molecule has 0 bridgehead atoms. The molecule has 0 spiro atoms. The van der Waals surface area contributed by atoms with Crippen LogP contribution in [-0.4, -0.2) is 15.6 Å². The summed E-state index contributed by atoms with van der Waals surface area (Å²) in [7, 11) is 0. The highest BCUT2D eigenvalue weighted by atomic mass is 16.4. The molecule has 0 aliphatic heterocycles. The van der Waals surface area contributed by atoms with Crippen LogP contribution in [0.25, 0.3) is 0 Å². The molecule has 0 amide bonds. The van der Waals surface area contributed by atoms with Crippen LogP contribution in [0, 0.1) is 25.2 Å². The number of carbonyl (C=O) groups is 1. The first-order valence-electron chi connectivity index (χ1n) is 7.83. The average Bonchev–Trinajstić information content (AvgIpc) is 2.48. The zero-order valence-electron chi connectivity index (χ0n) is 13.2. The lowest BCUT2D eigenvalue weighted by molar-refractivity contribution is -0.136. The summed E-state index contributed by atoms with van der Waals surface area (Å²) in [6, 6.07) is 2.15. The number of aromatic nitrogens is 1. The standard InChI is InChI=1S/C17H22N2O3/c1-11-14(8-9-16(20)21)12(2)19(17(22)15(11)10-18)13-6-4-3-5-7-13/h13H,3-9H2,1-2H3,(H,20,21). The molecule has 1 aliphatic rings. The number of hydrogen-bond donors (Lipinski definition) is 1. The van der Waals surface area contributed by atoms with Crippen LogP contribution >= 0.6 is 0 Å². The van der Waals surface area contributed by atoms with Gasteiger partial charge in [-0.05, 0) is 44.2 Å². The second kappa shape index (κ2) is 6.78. The van der Waals surface area contributed by atoms with Gasteiger partial charge in [-0.25, -0.2) is 0 Å². The Kier molecular flexibility index (Phi) is 5.02. The van der Waals surface area contributed by atoms with Crippen LogP contribution in [0.3, 0.4) is 0 Å². The van der Waals surface area contributed by atoms with Crippen molar-refractivity contribution in [3.8, 4) is 6.07 Å². The molecule has 1 aromatic heterocycles. The maximum atomic E-state index is 12.7. The third-order valence-electron chi connectivity index (χ3n) is 4.70. The molecule has 22 heavy (non-hydrogen) atoms.